The Morgan fingerprint density at radius 1 is 1.16 bits per heavy atom. The maximum Gasteiger partial charge on any atom is 0.266 e. The molecule has 4 rings (SSSR count). The minimum atomic E-state index is -0.290. The van der Waals surface area contributed by atoms with Crippen molar-refractivity contribution in [3.05, 3.63) is 45.6 Å². The Kier molecular flexibility index (Phi) is 6.38. The van der Waals surface area contributed by atoms with Gasteiger partial charge in [0.25, 0.3) is 11.8 Å². The van der Waals surface area contributed by atoms with E-state index in [4.69, 9.17) is 9.47 Å². The van der Waals surface area contributed by atoms with E-state index in [0.717, 1.165) is 37.1 Å². The van der Waals surface area contributed by atoms with E-state index in [-0.39, 0.29) is 18.4 Å². The molecule has 0 bridgehead atoms. The standard InChI is InChI=1S/C23H26N4O4S/c1-13-8-7-9-15(17(13)23(29)27-10-5-6-11-27)24-20(28)19-14(2)18-21(31-4)25-16(12-30-3)26-22(18)32-19/h7-9H,5-6,10-12H2,1-4H3,(H,24,28). The van der Waals surface area contributed by atoms with Crippen LogP contribution in [0.25, 0.3) is 10.2 Å². The molecule has 1 N–H and O–H groups in total. The van der Waals surface area contributed by atoms with Crippen LogP contribution in [-0.2, 0) is 11.3 Å². The quantitative estimate of drug-likeness (QED) is 0.606. The van der Waals surface area contributed by atoms with Crippen LogP contribution in [0.2, 0.25) is 0 Å². The van der Waals surface area contributed by atoms with Crippen molar-refractivity contribution in [2.24, 2.45) is 0 Å². The number of thiophene rings is 1. The zero-order valence-electron chi connectivity index (χ0n) is 18.7. The molecule has 9 heteroatoms. The Hall–Kier alpha value is -3.04. The molecule has 1 aliphatic heterocycles. The van der Waals surface area contributed by atoms with E-state index in [1.807, 2.05) is 30.9 Å². The van der Waals surface area contributed by atoms with E-state index in [1.165, 1.54) is 18.4 Å². The summed E-state index contributed by atoms with van der Waals surface area (Å²) in [6.45, 7) is 5.48. The lowest BCUT2D eigenvalue weighted by Gasteiger charge is -2.19. The smallest absolute Gasteiger partial charge is 0.266 e. The van der Waals surface area contributed by atoms with E-state index in [1.54, 1.807) is 13.2 Å². The molecular formula is C23H26N4O4S. The van der Waals surface area contributed by atoms with Gasteiger partial charge in [0.2, 0.25) is 5.88 Å². The number of rotatable bonds is 6. The molecule has 0 aliphatic carbocycles. The van der Waals surface area contributed by atoms with E-state index in [0.29, 0.717) is 38.0 Å². The number of hydrogen-bond donors (Lipinski definition) is 1. The summed E-state index contributed by atoms with van der Waals surface area (Å²) in [5.74, 6) is 0.570. The average molecular weight is 455 g/mol. The van der Waals surface area contributed by atoms with Gasteiger partial charge >= 0.3 is 0 Å². The van der Waals surface area contributed by atoms with Gasteiger partial charge in [0.15, 0.2) is 5.82 Å². The number of methoxy groups -OCH3 is 2. The number of aryl methyl sites for hydroxylation is 2. The summed E-state index contributed by atoms with van der Waals surface area (Å²) in [6, 6.07) is 5.50. The lowest BCUT2D eigenvalue weighted by atomic mass is 10.0. The van der Waals surface area contributed by atoms with Gasteiger partial charge in [-0.25, -0.2) is 4.98 Å². The normalized spacial score (nSPS) is 13.6. The first kappa shape index (κ1) is 22.2. The molecule has 32 heavy (non-hydrogen) atoms. The van der Waals surface area contributed by atoms with E-state index in [9.17, 15) is 9.59 Å². The number of carbonyl (C=O) groups excluding carboxylic acids is 2. The van der Waals surface area contributed by atoms with Gasteiger partial charge in [-0.05, 0) is 43.9 Å². The van der Waals surface area contributed by atoms with Gasteiger partial charge in [0, 0.05) is 20.2 Å². The van der Waals surface area contributed by atoms with E-state index in [2.05, 4.69) is 15.3 Å². The van der Waals surface area contributed by atoms with Gasteiger partial charge in [0.05, 0.1) is 28.6 Å². The highest BCUT2D eigenvalue weighted by Crippen LogP contribution is 2.36. The van der Waals surface area contributed by atoms with Crippen LogP contribution in [0.5, 0.6) is 5.88 Å². The second-order valence-corrected chi connectivity index (χ2v) is 8.77. The number of likely N-dealkylation sites (tertiary alicyclic amines) is 1. The molecule has 0 saturated carbocycles. The zero-order chi connectivity index (χ0) is 22.8. The van der Waals surface area contributed by atoms with Crippen LogP contribution in [-0.4, -0.2) is 54.0 Å². The Morgan fingerprint density at radius 3 is 2.59 bits per heavy atom. The molecule has 0 spiro atoms. The third kappa shape index (κ3) is 4.05. The summed E-state index contributed by atoms with van der Waals surface area (Å²) in [5, 5.41) is 3.67. The van der Waals surface area contributed by atoms with E-state index < -0.39 is 0 Å². The molecule has 3 aromatic rings. The fourth-order valence-corrected chi connectivity index (χ4v) is 5.10. The van der Waals surface area contributed by atoms with Crippen molar-refractivity contribution in [1.29, 1.82) is 0 Å². The lowest BCUT2D eigenvalue weighted by molar-refractivity contribution is 0.0793. The number of amides is 2. The summed E-state index contributed by atoms with van der Waals surface area (Å²) in [6.07, 6.45) is 2.02. The predicted molar refractivity (Wildman–Crippen MR) is 124 cm³/mol. The van der Waals surface area contributed by atoms with Crippen molar-refractivity contribution < 1.29 is 19.1 Å². The Labute approximate surface area is 190 Å². The number of hydrogen-bond acceptors (Lipinski definition) is 7. The maximum absolute atomic E-state index is 13.3. The van der Waals surface area contributed by atoms with Gasteiger partial charge in [-0.1, -0.05) is 12.1 Å². The number of nitrogens with one attached hydrogen (secondary N) is 1. The fourth-order valence-electron chi connectivity index (χ4n) is 4.02. The minimum absolute atomic E-state index is 0.0410. The molecule has 3 heterocycles. The van der Waals surface area contributed by atoms with Crippen LogP contribution in [0, 0.1) is 13.8 Å². The molecule has 1 saturated heterocycles. The van der Waals surface area contributed by atoms with Gasteiger partial charge < -0.3 is 19.7 Å². The summed E-state index contributed by atoms with van der Waals surface area (Å²) in [5.41, 5.74) is 2.64. The molecule has 0 atom stereocenters. The van der Waals surface area contributed by atoms with Crippen molar-refractivity contribution in [2.75, 3.05) is 32.6 Å². The summed E-state index contributed by atoms with van der Waals surface area (Å²) < 4.78 is 10.6. The molecular weight excluding hydrogens is 428 g/mol. The summed E-state index contributed by atoms with van der Waals surface area (Å²) in [4.78, 5) is 38.3. The highest BCUT2D eigenvalue weighted by atomic mass is 32.1. The first-order valence-electron chi connectivity index (χ1n) is 10.5. The second kappa shape index (κ2) is 9.22. The number of benzene rings is 1. The number of aromatic nitrogens is 2. The molecule has 168 valence electrons. The molecule has 1 aromatic carbocycles. The lowest BCUT2D eigenvalue weighted by Crippen LogP contribution is -2.29. The molecule has 1 aliphatic rings. The largest absolute Gasteiger partial charge is 0.480 e. The first-order chi connectivity index (χ1) is 15.4. The third-order valence-electron chi connectivity index (χ3n) is 5.60. The van der Waals surface area contributed by atoms with Gasteiger partial charge in [0.1, 0.15) is 11.4 Å². The minimum Gasteiger partial charge on any atom is -0.480 e. The van der Waals surface area contributed by atoms with Gasteiger partial charge in [-0.3, -0.25) is 9.59 Å². The molecule has 2 amide bonds. The zero-order valence-corrected chi connectivity index (χ0v) is 19.5. The Balaban J connectivity index is 1.70. The number of nitrogens with zero attached hydrogens (tertiary/aromatic N) is 3. The van der Waals surface area contributed by atoms with Crippen molar-refractivity contribution >= 4 is 39.1 Å². The molecule has 0 unspecified atom stereocenters. The summed E-state index contributed by atoms with van der Waals surface area (Å²) >= 11 is 1.27. The average Bonchev–Trinajstić information content (AvgIpc) is 3.42. The van der Waals surface area contributed by atoms with Crippen molar-refractivity contribution in [1.82, 2.24) is 14.9 Å². The number of ether oxygens (including phenoxy) is 2. The SMILES string of the molecule is COCc1nc(OC)c2c(C)c(C(=O)Nc3cccc(C)c3C(=O)N3CCCC3)sc2n1. The molecule has 8 nitrogen and oxygen atoms in total. The van der Waals surface area contributed by atoms with Crippen LogP contribution < -0.4 is 10.1 Å². The van der Waals surface area contributed by atoms with Gasteiger partial charge in [-0.2, -0.15) is 4.98 Å². The van der Waals surface area contributed by atoms with E-state index >= 15 is 0 Å². The fraction of sp³-hybridized carbons (Fsp3) is 0.391. The Morgan fingerprint density at radius 2 is 1.91 bits per heavy atom. The van der Waals surface area contributed by atoms with Crippen LogP contribution in [0.3, 0.4) is 0 Å². The summed E-state index contributed by atoms with van der Waals surface area (Å²) in [7, 11) is 3.11. The van der Waals surface area contributed by atoms with Crippen molar-refractivity contribution in [3.63, 3.8) is 0 Å². The highest BCUT2D eigenvalue weighted by molar-refractivity contribution is 7.20. The molecule has 2 aromatic heterocycles. The van der Waals surface area contributed by atoms with Crippen molar-refractivity contribution in [3.8, 4) is 5.88 Å². The number of fused-ring (bicyclic) bond motifs is 1. The third-order valence-corrected chi connectivity index (χ3v) is 6.79. The highest BCUT2D eigenvalue weighted by Gasteiger charge is 2.26. The Bertz CT molecular complexity index is 1180. The van der Waals surface area contributed by atoms with Crippen molar-refractivity contribution in [2.45, 2.75) is 33.3 Å². The van der Waals surface area contributed by atoms with Crippen LogP contribution in [0.15, 0.2) is 18.2 Å². The molecule has 1 fully saturated rings. The van der Waals surface area contributed by atoms with Crippen LogP contribution in [0.4, 0.5) is 5.69 Å². The number of anilines is 1. The molecule has 0 radical (unpaired) electrons. The van der Waals surface area contributed by atoms with Gasteiger partial charge in [-0.15, -0.1) is 11.3 Å². The first-order valence-corrected chi connectivity index (χ1v) is 11.3. The van der Waals surface area contributed by atoms with Crippen LogP contribution >= 0.6 is 11.3 Å². The second-order valence-electron chi connectivity index (χ2n) is 7.77. The van der Waals surface area contributed by atoms with Crippen LogP contribution in [0.1, 0.15) is 49.8 Å². The predicted octanol–water partition coefficient (Wildman–Crippen LogP) is 3.95. The number of carbonyl (C=O) groups is 2. The monoisotopic (exact) mass is 454 g/mol. The topological polar surface area (TPSA) is 93.7 Å². The maximum atomic E-state index is 13.3.